The van der Waals surface area contributed by atoms with E-state index >= 15 is 0 Å². The third kappa shape index (κ3) is 1.31. The zero-order valence-corrected chi connectivity index (χ0v) is 7.69. The highest BCUT2D eigenvalue weighted by molar-refractivity contribution is 5.71. The number of aromatic nitrogens is 1. The average molecular weight is 190 g/mol. The summed E-state index contributed by atoms with van der Waals surface area (Å²) in [5.74, 6) is 0.707. The van der Waals surface area contributed by atoms with Crippen LogP contribution in [0, 0.1) is 6.92 Å². The van der Waals surface area contributed by atoms with Gasteiger partial charge in [-0.15, -0.1) is 0 Å². The molecule has 2 rings (SSSR count). The number of rotatable bonds is 1. The van der Waals surface area contributed by atoms with Gasteiger partial charge in [-0.3, -0.25) is 0 Å². The largest absolute Gasteiger partial charge is 0.508 e. The van der Waals surface area contributed by atoms with Crippen molar-refractivity contribution in [2.75, 3.05) is 5.73 Å². The van der Waals surface area contributed by atoms with Crippen LogP contribution in [0.3, 0.4) is 0 Å². The third-order valence-electron chi connectivity index (χ3n) is 2.07. The Morgan fingerprint density at radius 3 is 2.79 bits per heavy atom. The van der Waals surface area contributed by atoms with Crippen LogP contribution in [-0.2, 0) is 0 Å². The maximum Gasteiger partial charge on any atom is 0.189 e. The molecule has 0 aliphatic carbocycles. The first-order chi connectivity index (χ1) is 6.68. The molecule has 0 saturated carbocycles. The maximum absolute atomic E-state index is 9.49. The zero-order chi connectivity index (χ0) is 10.1. The zero-order valence-electron chi connectivity index (χ0n) is 7.69. The number of nitrogens with zero attached hydrogens (tertiary/aromatic N) is 1. The normalized spacial score (nSPS) is 10.4. The smallest absolute Gasteiger partial charge is 0.189 e. The monoisotopic (exact) mass is 190 g/mol. The van der Waals surface area contributed by atoms with E-state index in [9.17, 15) is 5.11 Å². The van der Waals surface area contributed by atoms with E-state index in [4.69, 9.17) is 10.3 Å². The fraction of sp³-hybridized carbons (Fsp3) is 0.100. The van der Waals surface area contributed by atoms with Gasteiger partial charge in [-0.1, -0.05) is 17.3 Å². The molecule has 2 aromatic rings. The van der Waals surface area contributed by atoms with Crippen molar-refractivity contribution < 1.29 is 9.63 Å². The summed E-state index contributed by atoms with van der Waals surface area (Å²) in [7, 11) is 0. The Balaban J connectivity index is 2.53. The van der Waals surface area contributed by atoms with Crippen LogP contribution < -0.4 is 5.73 Å². The Kier molecular flexibility index (Phi) is 1.89. The first-order valence-electron chi connectivity index (χ1n) is 4.18. The predicted molar refractivity (Wildman–Crippen MR) is 52.8 cm³/mol. The molecule has 3 N–H and O–H groups in total. The summed E-state index contributed by atoms with van der Waals surface area (Å²) in [5.41, 5.74) is 7.63. The van der Waals surface area contributed by atoms with E-state index in [-0.39, 0.29) is 5.75 Å². The molecule has 0 fully saturated rings. The van der Waals surface area contributed by atoms with Crippen molar-refractivity contribution in [1.82, 2.24) is 5.16 Å². The van der Waals surface area contributed by atoms with Crippen LogP contribution in [0.5, 0.6) is 5.75 Å². The van der Waals surface area contributed by atoms with E-state index < -0.39 is 0 Å². The Morgan fingerprint density at radius 2 is 2.21 bits per heavy atom. The van der Waals surface area contributed by atoms with Crippen LogP contribution in [0.2, 0.25) is 0 Å². The number of aryl methyl sites for hydroxylation is 1. The summed E-state index contributed by atoms with van der Waals surface area (Å²) >= 11 is 0. The molecule has 0 radical (unpaired) electrons. The standard InChI is InChI=1S/C10H10N2O2/c1-6-2-3-7(4-9(6)13)10-8(11)5-12-14-10/h2-5,13H,11H2,1H3. The molecule has 1 aromatic carbocycles. The van der Waals surface area contributed by atoms with E-state index in [1.807, 2.05) is 13.0 Å². The molecule has 0 atom stereocenters. The number of hydrogen-bond acceptors (Lipinski definition) is 4. The molecule has 0 amide bonds. The van der Waals surface area contributed by atoms with Crippen LogP contribution in [-0.4, -0.2) is 10.3 Å². The van der Waals surface area contributed by atoms with Gasteiger partial charge in [-0.2, -0.15) is 0 Å². The van der Waals surface area contributed by atoms with E-state index in [0.717, 1.165) is 11.1 Å². The number of aromatic hydroxyl groups is 1. The summed E-state index contributed by atoms with van der Waals surface area (Å²) in [6.07, 6.45) is 1.44. The molecule has 0 aliphatic rings. The Labute approximate surface area is 81.0 Å². The van der Waals surface area contributed by atoms with Crippen molar-refractivity contribution in [1.29, 1.82) is 0 Å². The third-order valence-corrected chi connectivity index (χ3v) is 2.07. The number of nitrogens with two attached hydrogens (primary N) is 1. The second-order valence-electron chi connectivity index (χ2n) is 3.11. The van der Waals surface area contributed by atoms with Gasteiger partial charge >= 0.3 is 0 Å². The Bertz CT molecular complexity index is 463. The molecular weight excluding hydrogens is 180 g/mol. The Hall–Kier alpha value is -1.97. The first kappa shape index (κ1) is 8.62. The second kappa shape index (κ2) is 3.06. The van der Waals surface area contributed by atoms with E-state index in [0.29, 0.717) is 11.4 Å². The fourth-order valence-electron chi connectivity index (χ4n) is 1.22. The second-order valence-corrected chi connectivity index (χ2v) is 3.11. The summed E-state index contributed by atoms with van der Waals surface area (Å²) < 4.78 is 4.96. The van der Waals surface area contributed by atoms with Crippen molar-refractivity contribution >= 4 is 5.69 Å². The van der Waals surface area contributed by atoms with E-state index in [1.54, 1.807) is 12.1 Å². The Morgan fingerprint density at radius 1 is 1.43 bits per heavy atom. The molecule has 4 nitrogen and oxygen atoms in total. The number of phenolic OH excluding ortho intramolecular Hbond substituents is 1. The maximum atomic E-state index is 9.49. The summed E-state index contributed by atoms with van der Waals surface area (Å²) in [6, 6.07) is 5.23. The minimum absolute atomic E-state index is 0.221. The summed E-state index contributed by atoms with van der Waals surface area (Å²) in [4.78, 5) is 0. The highest BCUT2D eigenvalue weighted by atomic mass is 16.5. The van der Waals surface area contributed by atoms with Crippen molar-refractivity contribution in [2.24, 2.45) is 0 Å². The molecule has 0 bridgehead atoms. The number of nitrogen functional groups attached to an aromatic ring is 1. The van der Waals surface area contributed by atoms with Gasteiger partial charge in [-0.05, 0) is 18.6 Å². The fourth-order valence-corrected chi connectivity index (χ4v) is 1.22. The lowest BCUT2D eigenvalue weighted by molar-refractivity contribution is 0.431. The van der Waals surface area contributed by atoms with Crippen molar-refractivity contribution in [3.05, 3.63) is 30.0 Å². The van der Waals surface area contributed by atoms with Crippen LogP contribution >= 0.6 is 0 Å². The number of anilines is 1. The van der Waals surface area contributed by atoms with Gasteiger partial charge in [0.2, 0.25) is 0 Å². The van der Waals surface area contributed by atoms with Crippen molar-refractivity contribution in [2.45, 2.75) is 6.92 Å². The van der Waals surface area contributed by atoms with Crippen LogP contribution in [0.25, 0.3) is 11.3 Å². The lowest BCUT2D eigenvalue weighted by Crippen LogP contribution is -1.85. The van der Waals surface area contributed by atoms with Gasteiger partial charge in [0.1, 0.15) is 11.4 Å². The molecule has 0 saturated heterocycles. The summed E-state index contributed by atoms with van der Waals surface area (Å²) in [5, 5.41) is 13.1. The molecule has 0 spiro atoms. The summed E-state index contributed by atoms with van der Waals surface area (Å²) in [6.45, 7) is 1.82. The number of benzene rings is 1. The lowest BCUT2D eigenvalue weighted by Gasteiger charge is -2.01. The highest BCUT2D eigenvalue weighted by Gasteiger charge is 2.08. The minimum atomic E-state index is 0.221. The van der Waals surface area contributed by atoms with Crippen molar-refractivity contribution in [3.8, 4) is 17.1 Å². The molecule has 1 heterocycles. The quantitative estimate of drug-likeness (QED) is 0.720. The van der Waals surface area contributed by atoms with Crippen molar-refractivity contribution in [3.63, 3.8) is 0 Å². The number of phenols is 1. The van der Waals surface area contributed by atoms with Crippen LogP contribution in [0.4, 0.5) is 5.69 Å². The van der Waals surface area contributed by atoms with Crippen LogP contribution in [0.1, 0.15) is 5.56 Å². The molecule has 0 aliphatic heterocycles. The SMILES string of the molecule is Cc1ccc(-c2oncc2N)cc1O. The van der Waals surface area contributed by atoms with Gasteiger partial charge in [0.05, 0.1) is 6.20 Å². The van der Waals surface area contributed by atoms with Gasteiger partial charge in [-0.25, -0.2) is 0 Å². The predicted octanol–water partition coefficient (Wildman–Crippen LogP) is 1.94. The van der Waals surface area contributed by atoms with E-state index in [1.165, 1.54) is 6.20 Å². The van der Waals surface area contributed by atoms with Gasteiger partial charge in [0.15, 0.2) is 5.76 Å². The molecule has 4 heteroatoms. The first-order valence-corrected chi connectivity index (χ1v) is 4.18. The molecule has 14 heavy (non-hydrogen) atoms. The lowest BCUT2D eigenvalue weighted by atomic mass is 10.1. The van der Waals surface area contributed by atoms with Crippen LogP contribution in [0.15, 0.2) is 28.9 Å². The van der Waals surface area contributed by atoms with E-state index in [2.05, 4.69) is 5.16 Å². The van der Waals surface area contributed by atoms with Gasteiger partial charge in [0.25, 0.3) is 0 Å². The van der Waals surface area contributed by atoms with Gasteiger partial charge < -0.3 is 15.4 Å². The molecule has 1 aromatic heterocycles. The highest BCUT2D eigenvalue weighted by Crippen LogP contribution is 2.29. The molecular formula is C10H10N2O2. The minimum Gasteiger partial charge on any atom is -0.508 e. The number of hydrogen-bond donors (Lipinski definition) is 2. The molecule has 72 valence electrons. The molecule has 0 unspecified atom stereocenters. The average Bonchev–Trinajstić information content (AvgIpc) is 2.57. The van der Waals surface area contributed by atoms with Gasteiger partial charge in [0, 0.05) is 5.56 Å². The topological polar surface area (TPSA) is 72.3 Å².